The molecule has 0 spiro atoms. The molecule has 2 aromatic heterocycles. The van der Waals surface area contributed by atoms with Crippen LogP contribution in [-0.4, -0.2) is 55.3 Å². The average Bonchev–Trinajstić information content (AvgIpc) is 2.82. The van der Waals surface area contributed by atoms with Crippen molar-refractivity contribution in [1.29, 1.82) is 0 Å². The Morgan fingerprint density at radius 2 is 2.10 bits per heavy atom. The van der Waals surface area contributed by atoms with Crippen LogP contribution in [0.4, 0.5) is 5.82 Å². The molecule has 0 unspecified atom stereocenters. The van der Waals surface area contributed by atoms with Gasteiger partial charge < -0.3 is 15.1 Å². The van der Waals surface area contributed by atoms with Gasteiger partial charge in [-0.1, -0.05) is 6.92 Å². The Bertz CT molecular complexity index is 626. The summed E-state index contributed by atoms with van der Waals surface area (Å²) in [5.41, 5.74) is 0.799. The van der Waals surface area contributed by atoms with E-state index in [1.165, 1.54) is 0 Å². The molecule has 1 fully saturated rings. The zero-order valence-corrected chi connectivity index (χ0v) is 11.7. The first-order valence-corrected chi connectivity index (χ1v) is 6.90. The molecular formula is C13H19N5O2. The van der Waals surface area contributed by atoms with Crippen molar-refractivity contribution in [2.24, 2.45) is 7.05 Å². The molecule has 7 heteroatoms. The number of piperidine rings is 1. The standard InChI is InChI=1S/C13H19N5O2/c1-3-11-15-12-8(6-14-17(12)2)13(16-11)18-5-4-9(19)10(20)7-18/h6,9-10,19-20H,3-5,7H2,1-2H3/t9-,10-/m1/s1. The van der Waals surface area contributed by atoms with E-state index in [2.05, 4.69) is 15.1 Å². The van der Waals surface area contributed by atoms with Gasteiger partial charge in [0.25, 0.3) is 0 Å². The number of β-amino-alcohol motifs (C(OH)–C–C–N with tert-alkyl or cyclic N) is 1. The van der Waals surface area contributed by atoms with Crippen molar-refractivity contribution in [3.63, 3.8) is 0 Å². The van der Waals surface area contributed by atoms with E-state index in [1.807, 2.05) is 18.9 Å². The Kier molecular flexibility index (Phi) is 3.31. The van der Waals surface area contributed by atoms with Gasteiger partial charge in [-0.3, -0.25) is 4.68 Å². The third-order valence-corrected chi connectivity index (χ3v) is 3.78. The first-order chi connectivity index (χ1) is 9.60. The number of anilines is 1. The normalized spacial score (nSPS) is 23.5. The average molecular weight is 277 g/mol. The number of aryl methyl sites for hydroxylation is 2. The molecule has 0 bridgehead atoms. The van der Waals surface area contributed by atoms with E-state index in [9.17, 15) is 10.2 Å². The van der Waals surface area contributed by atoms with Crippen molar-refractivity contribution < 1.29 is 10.2 Å². The molecule has 2 N–H and O–H groups in total. The fourth-order valence-electron chi connectivity index (χ4n) is 2.56. The van der Waals surface area contributed by atoms with Gasteiger partial charge in [0, 0.05) is 26.6 Å². The Balaban J connectivity index is 2.06. The number of nitrogens with zero attached hydrogens (tertiary/aromatic N) is 5. The van der Waals surface area contributed by atoms with Crippen molar-refractivity contribution in [3.8, 4) is 0 Å². The molecule has 0 saturated carbocycles. The summed E-state index contributed by atoms with van der Waals surface area (Å²) >= 11 is 0. The lowest BCUT2D eigenvalue weighted by Crippen LogP contribution is -2.47. The van der Waals surface area contributed by atoms with Gasteiger partial charge in [0.05, 0.1) is 23.8 Å². The molecule has 0 aromatic carbocycles. The molecule has 108 valence electrons. The van der Waals surface area contributed by atoms with E-state index in [-0.39, 0.29) is 0 Å². The molecule has 2 aromatic rings. The molecule has 1 aliphatic heterocycles. The maximum Gasteiger partial charge on any atom is 0.163 e. The van der Waals surface area contributed by atoms with E-state index in [0.717, 1.165) is 29.1 Å². The monoisotopic (exact) mass is 277 g/mol. The number of hydrogen-bond donors (Lipinski definition) is 2. The second-order valence-corrected chi connectivity index (χ2v) is 5.19. The van der Waals surface area contributed by atoms with Crippen LogP contribution >= 0.6 is 0 Å². The summed E-state index contributed by atoms with van der Waals surface area (Å²) in [5.74, 6) is 1.56. The lowest BCUT2D eigenvalue weighted by atomic mass is 10.0. The minimum atomic E-state index is -0.740. The minimum Gasteiger partial charge on any atom is -0.390 e. The van der Waals surface area contributed by atoms with E-state index in [4.69, 9.17) is 0 Å². The Morgan fingerprint density at radius 3 is 2.80 bits per heavy atom. The van der Waals surface area contributed by atoms with Crippen LogP contribution in [0.25, 0.3) is 11.0 Å². The first-order valence-electron chi connectivity index (χ1n) is 6.90. The molecular weight excluding hydrogens is 258 g/mol. The van der Waals surface area contributed by atoms with E-state index in [0.29, 0.717) is 19.5 Å². The van der Waals surface area contributed by atoms with Crippen molar-refractivity contribution in [3.05, 3.63) is 12.0 Å². The highest BCUT2D eigenvalue weighted by molar-refractivity contribution is 5.87. The van der Waals surface area contributed by atoms with Crippen LogP contribution in [0.2, 0.25) is 0 Å². The van der Waals surface area contributed by atoms with Gasteiger partial charge in [-0.15, -0.1) is 0 Å². The van der Waals surface area contributed by atoms with Gasteiger partial charge >= 0.3 is 0 Å². The van der Waals surface area contributed by atoms with Gasteiger partial charge in [-0.2, -0.15) is 5.10 Å². The summed E-state index contributed by atoms with van der Waals surface area (Å²) in [6.07, 6.45) is 1.64. The van der Waals surface area contributed by atoms with Crippen molar-refractivity contribution >= 4 is 16.9 Å². The molecule has 1 saturated heterocycles. The third kappa shape index (κ3) is 2.12. The molecule has 0 aliphatic carbocycles. The van der Waals surface area contributed by atoms with Gasteiger partial charge in [0.1, 0.15) is 11.6 Å². The number of aliphatic hydroxyl groups is 2. The molecule has 3 heterocycles. The van der Waals surface area contributed by atoms with Crippen molar-refractivity contribution in [2.45, 2.75) is 32.0 Å². The predicted molar refractivity (Wildman–Crippen MR) is 74.5 cm³/mol. The molecule has 1 aliphatic rings. The van der Waals surface area contributed by atoms with Crippen LogP contribution in [-0.2, 0) is 13.5 Å². The Hall–Kier alpha value is -1.73. The fourth-order valence-corrected chi connectivity index (χ4v) is 2.56. The van der Waals surface area contributed by atoms with Gasteiger partial charge in [0.2, 0.25) is 0 Å². The zero-order valence-electron chi connectivity index (χ0n) is 11.7. The van der Waals surface area contributed by atoms with Gasteiger partial charge in [-0.25, -0.2) is 9.97 Å². The number of hydrogen-bond acceptors (Lipinski definition) is 6. The van der Waals surface area contributed by atoms with Crippen LogP contribution in [0.1, 0.15) is 19.2 Å². The van der Waals surface area contributed by atoms with E-state index in [1.54, 1.807) is 10.9 Å². The SMILES string of the molecule is CCc1nc(N2CC[C@@H](O)[C@H](O)C2)c2cnn(C)c2n1. The number of rotatable bonds is 2. The van der Waals surface area contributed by atoms with Gasteiger partial charge in [0.15, 0.2) is 5.65 Å². The second-order valence-electron chi connectivity index (χ2n) is 5.19. The summed E-state index contributed by atoms with van der Waals surface area (Å²) in [6.45, 7) is 3.06. The largest absolute Gasteiger partial charge is 0.390 e. The van der Waals surface area contributed by atoms with Crippen molar-refractivity contribution in [2.75, 3.05) is 18.0 Å². The molecule has 20 heavy (non-hydrogen) atoms. The topological polar surface area (TPSA) is 87.3 Å². The summed E-state index contributed by atoms with van der Waals surface area (Å²) < 4.78 is 1.73. The van der Waals surface area contributed by atoms with E-state index >= 15 is 0 Å². The maximum absolute atomic E-state index is 9.86. The Morgan fingerprint density at radius 1 is 1.30 bits per heavy atom. The lowest BCUT2D eigenvalue weighted by Gasteiger charge is -2.34. The van der Waals surface area contributed by atoms with Crippen molar-refractivity contribution in [1.82, 2.24) is 19.7 Å². The number of aromatic nitrogens is 4. The first kappa shape index (κ1) is 13.3. The summed E-state index contributed by atoms with van der Waals surface area (Å²) in [5, 5.41) is 24.6. The van der Waals surface area contributed by atoms with E-state index < -0.39 is 12.2 Å². The summed E-state index contributed by atoms with van der Waals surface area (Å²) in [6, 6.07) is 0. The molecule has 3 rings (SSSR count). The van der Waals surface area contributed by atoms with Crippen LogP contribution in [0, 0.1) is 0 Å². The molecule has 0 radical (unpaired) electrons. The highest BCUT2D eigenvalue weighted by atomic mass is 16.3. The quantitative estimate of drug-likeness (QED) is 0.794. The van der Waals surface area contributed by atoms with Crippen LogP contribution < -0.4 is 4.90 Å². The highest BCUT2D eigenvalue weighted by Gasteiger charge is 2.28. The lowest BCUT2D eigenvalue weighted by molar-refractivity contribution is 0.00791. The van der Waals surface area contributed by atoms with Gasteiger partial charge in [-0.05, 0) is 6.42 Å². The maximum atomic E-state index is 9.86. The van der Waals surface area contributed by atoms with Crippen LogP contribution in [0.5, 0.6) is 0 Å². The third-order valence-electron chi connectivity index (χ3n) is 3.78. The van der Waals surface area contributed by atoms with Crippen LogP contribution in [0.3, 0.4) is 0 Å². The summed E-state index contributed by atoms with van der Waals surface area (Å²) in [4.78, 5) is 11.1. The second kappa shape index (κ2) is 4.99. The molecule has 2 atom stereocenters. The fraction of sp³-hybridized carbons (Fsp3) is 0.615. The predicted octanol–water partition coefficient (Wildman–Crippen LogP) is -0.142. The number of aliphatic hydroxyl groups excluding tert-OH is 2. The van der Waals surface area contributed by atoms with Crippen LogP contribution in [0.15, 0.2) is 6.20 Å². The number of fused-ring (bicyclic) bond motifs is 1. The zero-order chi connectivity index (χ0) is 14.3. The summed E-state index contributed by atoms with van der Waals surface area (Å²) in [7, 11) is 1.85. The molecule has 7 nitrogen and oxygen atoms in total. The smallest absolute Gasteiger partial charge is 0.163 e. The molecule has 0 amide bonds. The Labute approximate surface area is 116 Å². The highest BCUT2D eigenvalue weighted by Crippen LogP contribution is 2.26. The minimum absolute atomic E-state index is 0.380.